The molecule has 0 aliphatic carbocycles. The number of nitrogens with one attached hydrogen (secondary N) is 1. The smallest absolute Gasteiger partial charge is 0.416 e. The van der Waals surface area contributed by atoms with E-state index in [0.29, 0.717) is 5.56 Å². The molecule has 0 aromatic heterocycles. The highest BCUT2D eigenvalue weighted by molar-refractivity contribution is 8.18. The highest BCUT2D eigenvalue weighted by Gasteiger charge is 2.30. The van der Waals surface area contributed by atoms with Crippen LogP contribution in [0.4, 0.5) is 18.9 Å². The molecule has 134 valence electrons. The molecule has 1 fully saturated rings. The molecular formula is C17H11F3N2O3S. The van der Waals surface area contributed by atoms with Gasteiger partial charge in [-0.05, 0) is 53.7 Å². The van der Waals surface area contributed by atoms with E-state index in [9.17, 15) is 28.2 Å². The summed E-state index contributed by atoms with van der Waals surface area (Å²) in [6.07, 6.45) is -3.01. The summed E-state index contributed by atoms with van der Waals surface area (Å²) in [6.45, 7) is 0. The molecular weight excluding hydrogens is 369 g/mol. The number of benzene rings is 2. The average molecular weight is 380 g/mol. The fourth-order valence-corrected chi connectivity index (χ4v) is 2.97. The topological polar surface area (TPSA) is 81.9 Å². The van der Waals surface area contributed by atoms with Gasteiger partial charge in [0, 0.05) is 0 Å². The summed E-state index contributed by atoms with van der Waals surface area (Å²) in [5.74, 6) is -1.09. The number of thioether (sulfide) groups is 1. The number of amidine groups is 1. The summed E-state index contributed by atoms with van der Waals surface area (Å²) >= 11 is 0.957. The van der Waals surface area contributed by atoms with Crippen molar-refractivity contribution in [1.82, 2.24) is 5.32 Å². The van der Waals surface area contributed by atoms with Crippen molar-refractivity contribution in [2.75, 3.05) is 0 Å². The first kappa shape index (κ1) is 17.9. The van der Waals surface area contributed by atoms with E-state index in [0.717, 1.165) is 23.9 Å². The number of carbonyl (C=O) groups excluding carboxylic acids is 1. The number of aliphatic imine (C=N–C) groups is 1. The zero-order valence-corrected chi connectivity index (χ0v) is 13.7. The van der Waals surface area contributed by atoms with Gasteiger partial charge in [-0.2, -0.15) is 13.2 Å². The van der Waals surface area contributed by atoms with Gasteiger partial charge in [0.25, 0.3) is 5.91 Å². The molecule has 2 aromatic rings. The monoisotopic (exact) mass is 380 g/mol. The number of hydrogen-bond donors (Lipinski definition) is 3. The van der Waals surface area contributed by atoms with E-state index < -0.39 is 17.6 Å². The minimum atomic E-state index is -4.48. The van der Waals surface area contributed by atoms with Crippen molar-refractivity contribution in [3.63, 3.8) is 0 Å². The van der Waals surface area contributed by atoms with E-state index in [1.54, 1.807) is 0 Å². The van der Waals surface area contributed by atoms with Crippen LogP contribution in [0, 0.1) is 0 Å². The van der Waals surface area contributed by atoms with Gasteiger partial charge in [0.15, 0.2) is 16.7 Å². The highest BCUT2D eigenvalue weighted by Crippen LogP contribution is 2.33. The fraction of sp³-hybridized carbons (Fsp3) is 0.0588. The summed E-state index contributed by atoms with van der Waals surface area (Å²) in [7, 11) is 0. The van der Waals surface area contributed by atoms with Crippen molar-refractivity contribution in [2.45, 2.75) is 6.18 Å². The number of halogens is 3. The fourth-order valence-electron chi connectivity index (χ4n) is 2.13. The summed E-state index contributed by atoms with van der Waals surface area (Å²) < 4.78 is 38.2. The molecule has 1 heterocycles. The molecule has 0 bridgehead atoms. The van der Waals surface area contributed by atoms with Gasteiger partial charge in [0.2, 0.25) is 0 Å². The van der Waals surface area contributed by atoms with Gasteiger partial charge in [-0.15, -0.1) is 0 Å². The van der Waals surface area contributed by atoms with Crippen LogP contribution in [-0.4, -0.2) is 21.3 Å². The minimum absolute atomic E-state index is 0.0613. The maximum Gasteiger partial charge on any atom is 0.416 e. The maximum atomic E-state index is 12.7. The lowest BCUT2D eigenvalue weighted by Crippen LogP contribution is -2.19. The second-order valence-electron chi connectivity index (χ2n) is 5.28. The zero-order valence-electron chi connectivity index (χ0n) is 12.9. The average Bonchev–Trinajstić information content (AvgIpc) is 2.90. The van der Waals surface area contributed by atoms with E-state index in [2.05, 4.69) is 10.3 Å². The predicted molar refractivity (Wildman–Crippen MR) is 92.0 cm³/mol. The molecule has 1 aliphatic rings. The maximum absolute atomic E-state index is 12.7. The molecule has 3 rings (SSSR count). The van der Waals surface area contributed by atoms with Gasteiger partial charge in [0.05, 0.1) is 16.2 Å². The third kappa shape index (κ3) is 3.99. The van der Waals surface area contributed by atoms with Crippen molar-refractivity contribution in [3.8, 4) is 11.5 Å². The van der Waals surface area contributed by atoms with Gasteiger partial charge in [-0.25, -0.2) is 4.99 Å². The number of phenolic OH excluding ortho intramolecular Hbond substituents is 2. The molecule has 0 radical (unpaired) electrons. The third-order valence-corrected chi connectivity index (χ3v) is 4.26. The molecule has 3 N–H and O–H groups in total. The standard InChI is InChI=1S/C17H11F3N2O3S/c18-17(19,20)10-2-1-3-11(8-10)21-16-22-15(25)14(26-16)7-9-4-5-12(23)13(24)6-9/h1-8,23-24H,(H,21,22,25)/b14-7-. The summed E-state index contributed by atoms with van der Waals surface area (Å²) in [5, 5.41) is 21.4. The second kappa shape index (κ2) is 6.75. The predicted octanol–water partition coefficient (Wildman–Crippen LogP) is 4.01. The van der Waals surface area contributed by atoms with Crippen LogP contribution in [0.3, 0.4) is 0 Å². The quantitative estimate of drug-likeness (QED) is 0.543. The Hall–Kier alpha value is -2.94. The lowest BCUT2D eigenvalue weighted by atomic mass is 10.2. The van der Waals surface area contributed by atoms with E-state index in [1.165, 1.54) is 36.4 Å². The van der Waals surface area contributed by atoms with Crippen LogP contribution in [0.25, 0.3) is 6.08 Å². The van der Waals surface area contributed by atoms with E-state index in [4.69, 9.17) is 0 Å². The summed E-state index contributed by atoms with van der Waals surface area (Å²) in [6, 6.07) is 8.51. The Morgan fingerprint density at radius 2 is 1.85 bits per heavy atom. The normalized spacial score (nSPS) is 17.7. The molecule has 0 unspecified atom stereocenters. The SMILES string of the molecule is O=C1NC(=Nc2cccc(C(F)(F)F)c2)S/C1=C\c1ccc(O)c(O)c1. The van der Waals surface area contributed by atoms with Crippen molar-refractivity contribution in [2.24, 2.45) is 4.99 Å². The Balaban J connectivity index is 1.84. The van der Waals surface area contributed by atoms with Gasteiger partial charge >= 0.3 is 6.18 Å². The third-order valence-electron chi connectivity index (χ3n) is 3.35. The molecule has 9 heteroatoms. The number of nitrogens with zero attached hydrogens (tertiary/aromatic N) is 1. The first-order chi connectivity index (χ1) is 12.2. The van der Waals surface area contributed by atoms with Crippen LogP contribution in [0.1, 0.15) is 11.1 Å². The van der Waals surface area contributed by atoms with E-state index >= 15 is 0 Å². The molecule has 0 saturated carbocycles. The number of hydrogen-bond acceptors (Lipinski definition) is 5. The van der Waals surface area contributed by atoms with E-state index in [1.807, 2.05) is 0 Å². The van der Waals surface area contributed by atoms with Crippen molar-refractivity contribution < 1.29 is 28.2 Å². The Bertz CT molecular complexity index is 939. The van der Waals surface area contributed by atoms with Crippen LogP contribution in [0.15, 0.2) is 52.4 Å². The molecule has 26 heavy (non-hydrogen) atoms. The van der Waals surface area contributed by atoms with Crippen molar-refractivity contribution in [3.05, 3.63) is 58.5 Å². The lowest BCUT2D eigenvalue weighted by Gasteiger charge is -2.06. The molecule has 1 saturated heterocycles. The van der Waals surface area contributed by atoms with Gasteiger partial charge in [-0.3, -0.25) is 4.79 Å². The Morgan fingerprint density at radius 3 is 2.54 bits per heavy atom. The molecule has 0 spiro atoms. The molecule has 5 nitrogen and oxygen atoms in total. The Kier molecular flexibility index (Phi) is 4.64. The number of rotatable bonds is 2. The van der Waals surface area contributed by atoms with Gasteiger partial charge in [0.1, 0.15) is 0 Å². The van der Waals surface area contributed by atoms with Crippen molar-refractivity contribution in [1.29, 1.82) is 0 Å². The number of alkyl halides is 3. The zero-order chi connectivity index (χ0) is 18.9. The van der Waals surface area contributed by atoms with Crippen LogP contribution in [0.2, 0.25) is 0 Å². The number of amides is 1. The lowest BCUT2D eigenvalue weighted by molar-refractivity contribution is -0.137. The van der Waals surface area contributed by atoms with Crippen LogP contribution in [0.5, 0.6) is 11.5 Å². The largest absolute Gasteiger partial charge is 0.504 e. The molecule has 1 aliphatic heterocycles. The van der Waals surface area contributed by atoms with Gasteiger partial charge < -0.3 is 15.5 Å². The highest BCUT2D eigenvalue weighted by atomic mass is 32.2. The number of carbonyl (C=O) groups is 1. The summed E-state index contributed by atoms with van der Waals surface area (Å²) in [4.78, 5) is 16.3. The van der Waals surface area contributed by atoms with Crippen LogP contribution >= 0.6 is 11.8 Å². The summed E-state index contributed by atoms with van der Waals surface area (Å²) in [5.41, 5.74) is -0.298. The Labute approximate surface area is 149 Å². The van der Waals surface area contributed by atoms with Crippen molar-refractivity contribution >= 4 is 34.6 Å². The number of phenols is 2. The van der Waals surface area contributed by atoms with E-state index in [-0.39, 0.29) is 27.3 Å². The molecule has 1 amide bonds. The molecule has 0 atom stereocenters. The van der Waals surface area contributed by atoms with Crippen LogP contribution in [-0.2, 0) is 11.0 Å². The van der Waals surface area contributed by atoms with Crippen LogP contribution < -0.4 is 5.32 Å². The second-order valence-corrected chi connectivity index (χ2v) is 6.31. The Morgan fingerprint density at radius 1 is 1.08 bits per heavy atom. The number of aromatic hydroxyl groups is 2. The minimum Gasteiger partial charge on any atom is -0.504 e. The first-order valence-electron chi connectivity index (χ1n) is 7.21. The molecule has 2 aromatic carbocycles. The van der Waals surface area contributed by atoms with Gasteiger partial charge in [-0.1, -0.05) is 12.1 Å². The first-order valence-corrected chi connectivity index (χ1v) is 8.03.